The first-order chi connectivity index (χ1) is 12.5. The number of hydrazine groups is 1. The number of rotatable bonds is 4. The number of carbonyl (C=O) groups excluding carboxylic acids is 3. The Morgan fingerprint density at radius 2 is 1.77 bits per heavy atom. The van der Waals surface area contributed by atoms with E-state index in [2.05, 4.69) is 21.3 Å². The SMILES string of the molecule is Cc1nn(-c2ccccc2)c(C)c1CC(=O)NNC(=O)C(=O)NC1CC1. The van der Waals surface area contributed by atoms with Crippen LogP contribution in [0.5, 0.6) is 0 Å². The molecule has 0 saturated heterocycles. The van der Waals surface area contributed by atoms with Gasteiger partial charge in [-0.3, -0.25) is 25.2 Å². The highest BCUT2D eigenvalue weighted by Gasteiger charge is 2.26. The lowest BCUT2D eigenvalue weighted by Gasteiger charge is -2.08. The van der Waals surface area contributed by atoms with Gasteiger partial charge in [-0.05, 0) is 38.8 Å². The first kappa shape index (κ1) is 17.7. The zero-order valence-electron chi connectivity index (χ0n) is 14.7. The maximum atomic E-state index is 12.1. The third-order valence-corrected chi connectivity index (χ3v) is 4.21. The summed E-state index contributed by atoms with van der Waals surface area (Å²) in [5.74, 6) is -2.04. The third-order valence-electron chi connectivity index (χ3n) is 4.21. The maximum absolute atomic E-state index is 12.1. The van der Waals surface area contributed by atoms with Crippen molar-refractivity contribution < 1.29 is 14.4 Å². The van der Waals surface area contributed by atoms with Crippen LogP contribution in [0.4, 0.5) is 0 Å². The molecule has 0 radical (unpaired) electrons. The van der Waals surface area contributed by atoms with E-state index in [4.69, 9.17) is 0 Å². The molecule has 0 atom stereocenters. The van der Waals surface area contributed by atoms with Gasteiger partial charge >= 0.3 is 11.8 Å². The summed E-state index contributed by atoms with van der Waals surface area (Å²) >= 11 is 0. The molecule has 2 aromatic rings. The van der Waals surface area contributed by atoms with Gasteiger partial charge in [0.15, 0.2) is 0 Å². The smallest absolute Gasteiger partial charge is 0.327 e. The minimum absolute atomic E-state index is 0.0506. The number of amides is 3. The molecular weight excluding hydrogens is 334 g/mol. The van der Waals surface area contributed by atoms with Crippen LogP contribution in [0.3, 0.4) is 0 Å². The Labute approximate surface area is 150 Å². The minimum atomic E-state index is -0.876. The van der Waals surface area contributed by atoms with Gasteiger partial charge in [-0.25, -0.2) is 4.68 Å². The number of aromatic nitrogens is 2. The van der Waals surface area contributed by atoms with Gasteiger partial charge in [0.1, 0.15) is 0 Å². The van der Waals surface area contributed by atoms with Crippen LogP contribution in [-0.2, 0) is 20.8 Å². The van der Waals surface area contributed by atoms with Crippen LogP contribution in [0.2, 0.25) is 0 Å². The van der Waals surface area contributed by atoms with E-state index >= 15 is 0 Å². The predicted octanol–water partition coefficient (Wildman–Crippen LogP) is 0.458. The van der Waals surface area contributed by atoms with Crippen molar-refractivity contribution in [2.24, 2.45) is 0 Å². The molecule has 1 saturated carbocycles. The second kappa shape index (κ2) is 7.38. The third kappa shape index (κ3) is 4.08. The van der Waals surface area contributed by atoms with Crippen molar-refractivity contribution in [1.29, 1.82) is 0 Å². The van der Waals surface area contributed by atoms with Crippen LogP contribution in [0, 0.1) is 13.8 Å². The molecule has 3 rings (SSSR count). The highest BCUT2D eigenvalue weighted by atomic mass is 16.2. The van der Waals surface area contributed by atoms with Gasteiger partial charge in [-0.15, -0.1) is 0 Å². The molecule has 0 spiro atoms. The van der Waals surface area contributed by atoms with Crippen LogP contribution in [-0.4, -0.2) is 33.5 Å². The molecule has 8 nitrogen and oxygen atoms in total. The van der Waals surface area contributed by atoms with Crippen LogP contribution in [0.15, 0.2) is 30.3 Å². The lowest BCUT2D eigenvalue weighted by Crippen LogP contribution is -2.49. The largest absolute Gasteiger partial charge is 0.345 e. The fourth-order valence-corrected chi connectivity index (χ4v) is 2.62. The normalized spacial score (nSPS) is 13.2. The molecule has 3 amide bonds. The van der Waals surface area contributed by atoms with Crippen LogP contribution in [0.1, 0.15) is 29.8 Å². The van der Waals surface area contributed by atoms with E-state index in [1.165, 1.54) is 0 Å². The summed E-state index contributed by atoms with van der Waals surface area (Å²) in [5, 5.41) is 7.03. The van der Waals surface area contributed by atoms with Crippen molar-refractivity contribution in [1.82, 2.24) is 25.9 Å². The zero-order valence-corrected chi connectivity index (χ0v) is 14.7. The van der Waals surface area contributed by atoms with Crippen LogP contribution >= 0.6 is 0 Å². The Morgan fingerprint density at radius 1 is 1.08 bits per heavy atom. The van der Waals surface area contributed by atoms with Gasteiger partial charge in [0.2, 0.25) is 5.91 Å². The second-order valence-electron chi connectivity index (χ2n) is 6.32. The summed E-state index contributed by atoms with van der Waals surface area (Å²) in [7, 11) is 0. The maximum Gasteiger partial charge on any atom is 0.327 e. The Hall–Kier alpha value is -3.16. The fraction of sp³-hybridized carbons (Fsp3) is 0.333. The number of nitrogens with one attached hydrogen (secondary N) is 3. The molecule has 1 aromatic heterocycles. The summed E-state index contributed by atoms with van der Waals surface area (Å²) in [6, 6.07) is 9.70. The number of hydrogen-bond acceptors (Lipinski definition) is 4. The average molecular weight is 355 g/mol. The average Bonchev–Trinajstić information content (AvgIpc) is 3.41. The Bertz CT molecular complexity index is 840. The number of nitrogens with zero attached hydrogens (tertiary/aromatic N) is 2. The minimum Gasteiger partial charge on any atom is -0.345 e. The highest BCUT2D eigenvalue weighted by molar-refractivity contribution is 6.35. The highest BCUT2D eigenvalue weighted by Crippen LogP contribution is 2.19. The molecule has 1 fully saturated rings. The molecule has 8 heteroatoms. The quantitative estimate of drug-likeness (QED) is 0.547. The standard InChI is InChI=1S/C18H21N5O3/c1-11-15(12(2)23(22-11)14-6-4-3-5-7-14)10-16(24)20-21-18(26)17(25)19-13-8-9-13/h3-7,13H,8-10H2,1-2H3,(H,19,25)(H,20,24)(H,21,26). The molecule has 0 aliphatic heterocycles. The topological polar surface area (TPSA) is 105 Å². The summed E-state index contributed by atoms with van der Waals surface area (Å²) in [6.45, 7) is 3.72. The summed E-state index contributed by atoms with van der Waals surface area (Å²) in [5.41, 5.74) is 7.68. The molecular formula is C18H21N5O3. The predicted molar refractivity (Wildman–Crippen MR) is 94.2 cm³/mol. The van der Waals surface area contributed by atoms with Gasteiger partial charge in [-0.1, -0.05) is 18.2 Å². The molecule has 1 aromatic carbocycles. The van der Waals surface area contributed by atoms with Crippen molar-refractivity contribution in [3.05, 3.63) is 47.3 Å². The monoisotopic (exact) mass is 355 g/mol. The van der Waals surface area contributed by atoms with Crippen molar-refractivity contribution in [3.8, 4) is 5.69 Å². The molecule has 1 heterocycles. The molecule has 1 aliphatic rings. The van der Waals surface area contributed by atoms with E-state index in [0.717, 1.165) is 35.5 Å². The van der Waals surface area contributed by atoms with Gasteiger partial charge in [0.25, 0.3) is 0 Å². The Balaban J connectivity index is 1.60. The van der Waals surface area contributed by atoms with E-state index in [1.54, 1.807) is 4.68 Å². The van der Waals surface area contributed by atoms with E-state index < -0.39 is 17.7 Å². The van der Waals surface area contributed by atoms with Gasteiger partial charge in [0, 0.05) is 17.3 Å². The van der Waals surface area contributed by atoms with E-state index in [1.807, 2.05) is 44.2 Å². The molecule has 0 unspecified atom stereocenters. The number of carbonyl (C=O) groups is 3. The van der Waals surface area contributed by atoms with Gasteiger partial charge in [-0.2, -0.15) is 5.10 Å². The lowest BCUT2D eigenvalue weighted by atomic mass is 10.1. The summed E-state index contributed by atoms with van der Waals surface area (Å²) in [4.78, 5) is 35.3. The fourth-order valence-electron chi connectivity index (χ4n) is 2.62. The molecule has 3 N–H and O–H groups in total. The zero-order chi connectivity index (χ0) is 18.7. The molecule has 136 valence electrons. The molecule has 0 bridgehead atoms. The first-order valence-electron chi connectivity index (χ1n) is 8.46. The Morgan fingerprint density at radius 3 is 2.42 bits per heavy atom. The second-order valence-corrected chi connectivity index (χ2v) is 6.32. The number of hydrogen-bond donors (Lipinski definition) is 3. The van der Waals surface area contributed by atoms with Crippen molar-refractivity contribution >= 4 is 17.7 Å². The van der Waals surface area contributed by atoms with Crippen molar-refractivity contribution in [3.63, 3.8) is 0 Å². The number of aryl methyl sites for hydroxylation is 1. The van der Waals surface area contributed by atoms with E-state index in [0.29, 0.717) is 0 Å². The summed E-state index contributed by atoms with van der Waals surface area (Å²) < 4.78 is 1.78. The molecule has 1 aliphatic carbocycles. The first-order valence-corrected chi connectivity index (χ1v) is 8.46. The van der Waals surface area contributed by atoms with E-state index in [9.17, 15) is 14.4 Å². The van der Waals surface area contributed by atoms with Crippen LogP contribution in [0.25, 0.3) is 5.69 Å². The Kier molecular flexibility index (Phi) is 5.01. The lowest BCUT2D eigenvalue weighted by molar-refractivity contribution is -0.140. The summed E-state index contributed by atoms with van der Waals surface area (Å²) in [6.07, 6.45) is 1.82. The number of para-hydroxylation sites is 1. The number of benzene rings is 1. The van der Waals surface area contributed by atoms with Gasteiger partial charge in [0.05, 0.1) is 17.8 Å². The van der Waals surface area contributed by atoms with Crippen molar-refractivity contribution in [2.45, 2.75) is 39.2 Å². The van der Waals surface area contributed by atoms with Crippen LogP contribution < -0.4 is 16.2 Å². The van der Waals surface area contributed by atoms with E-state index in [-0.39, 0.29) is 12.5 Å². The van der Waals surface area contributed by atoms with Crippen molar-refractivity contribution in [2.75, 3.05) is 0 Å². The van der Waals surface area contributed by atoms with Gasteiger partial charge < -0.3 is 5.32 Å². The molecule has 26 heavy (non-hydrogen) atoms.